The van der Waals surface area contributed by atoms with Crippen LogP contribution in [0.1, 0.15) is 0 Å². The molecule has 0 atom stereocenters. The SMILES string of the molecule is CNc1cc(Sc2ccccc2Br)nc(N)n1. The van der Waals surface area contributed by atoms with Gasteiger partial charge in [-0.05, 0) is 28.1 Å². The van der Waals surface area contributed by atoms with E-state index in [4.69, 9.17) is 5.73 Å². The predicted molar refractivity (Wildman–Crippen MR) is 74.3 cm³/mol. The van der Waals surface area contributed by atoms with Crippen molar-refractivity contribution < 1.29 is 0 Å². The second-order valence-corrected chi connectivity index (χ2v) is 5.15. The number of halogens is 1. The molecule has 6 heteroatoms. The topological polar surface area (TPSA) is 63.8 Å². The Morgan fingerprint density at radius 3 is 2.76 bits per heavy atom. The molecule has 4 nitrogen and oxygen atoms in total. The van der Waals surface area contributed by atoms with Gasteiger partial charge in [0.2, 0.25) is 5.95 Å². The Morgan fingerprint density at radius 2 is 2.06 bits per heavy atom. The van der Waals surface area contributed by atoms with E-state index in [1.165, 1.54) is 11.8 Å². The summed E-state index contributed by atoms with van der Waals surface area (Å²) in [6.07, 6.45) is 0. The van der Waals surface area contributed by atoms with Crippen LogP contribution in [0.4, 0.5) is 11.8 Å². The summed E-state index contributed by atoms with van der Waals surface area (Å²) < 4.78 is 1.04. The first-order valence-corrected chi connectivity index (χ1v) is 6.54. The van der Waals surface area contributed by atoms with Gasteiger partial charge in [0.25, 0.3) is 0 Å². The summed E-state index contributed by atoms with van der Waals surface area (Å²) in [6.45, 7) is 0. The van der Waals surface area contributed by atoms with Gasteiger partial charge < -0.3 is 11.1 Å². The minimum atomic E-state index is 0.270. The van der Waals surface area contributed by atoms with Gasteiger partial charge in [0.15, 0.2) is 0 Å². The van der Waals surface area contributed by atoms with Crippen LogP contribution in [0.15, 0.2) is 44.7 Å². The van der Waals surface area contributed by atoms with Crippen molar-refractivity contribution in [2.45, 2.75) is 9.92 Å². The van der Waals surface area contributed by atoms with E-state index in [1.807, 2.05) is 30.3 Å². The molecule has 1 aromatic heterocycles. The van der Waals surface area contributed by atoms with Crippen molar-refractivity contribution in [3.8, 4) is 0 Å². The van der Waals surface area contributed by atoms with E-state index in [2.05, 4.69) is 31.2 Å². The monoisotopic (exact) mass is 310 g/mol. The van der Waals surface area contributed by atoms with Crippen molar-refractivity contribution >= 4 is 39.5 Å². The molecular weight excluding hydrogens is 300 g/mol. The summed E-state index contributed by atoms with van der Waals surface area (Å²) in [7, 11) is 1.80. The van der Waals surface area contributed by atoms with Crippen LogP contribution >= 0.6 is 27.7 Å². The molecular formula is C11H11BrN4S. The first-order valence-electron chi connectivity index (χ1n) is 4.94. The van der Waals surface area contributed by atoms with Crippen molar-refractivity contribution in [3.05, 3.63) is 34.8 Å². The van der Waals surface area contributed by atoms with E-state index in [1.54, 1.807) is 7.05 Å². The maximum absolute atomic E-state index is 5.64. The third-order valence-corrected chi connectivity index (χ3v) is 3.98. The normalized spacial score (nSPS) is 10.2. The van der Waals surface area contributed by atoms with Crippen molar-refractivity contribution in [3.63, 3.8) is 0 Å². The highest BCUT2D eigenvalue weighted by molar-refractivity contribution is 9.10. The Bertz CT molecular complexity index is 533. The average molecular weight is 311 g/mol. The van der Waals surface area contributed by atoms with Crippen molar-refractivity contribution in [1.82, 2.24) is 9.97 Å². The van der Waals surface area contributed by atoms with Crippen LogP contribution in [-0.4, -0.2) is 17.0 Å². The molecule has 0 saturated heterocycles. The highest BCUT2D eigenvalue weighted by Gasteiger charge is 2.05. The zero-order valence-electron chi connectivity index (χ0n) is 9.14. The molecule has 0 aliphatic rings. The van der Waals surface area contributed by atoms with Crippen molar-refractivity contribution in [2.24, 2.45) is 0 Å². The summed E-state index contributed by atoms with van der Waals surface area (Å²) in [5.74, 6) is 0.985. The molecule has 0 fully saturated rings. The number of nitrogens with one attached hydrogen (secondary N) is 1. The number of nitrogen functional groups attached to an aromatic ring is 1. The summed E-state index contributed by atoms with van der Waals surface area (Å²) in [5.41, 5.74) is 5.64. The molecule has 0 aliphatic heterocycles. The first-order chi connectivity index (χ1) is 8.19. The maximum atomic E-state index is 5.64. The molecule has 2 aromatic rings. The maximum Gasteiger partial charge on any atom is 0.223 e. The third-order valence-electron chi connectivity index (χ3n) is 2.03. The lowest BCUT2D eigenvalue weighted by Crippen LogP contribution is -2.00. The van der Waals surface area contributed by atoms with Crippen LogP contribution in [0, 0.1) is 0 Å². The van der Waals surface area contributed by atoms with Gasteiger partial charge in [0.05, 0.1) is 0 Å². The van der Waals surface area contributed by atoms with E-state index in [-0.39, 0.29) is 5.95 Å². The molecule has 0 bridgehead atoms. The largest absolute Gasteiger partial charge is 0.373 e. The minimum Gasteiger partial charge on any atom is -0.373 e. The Labute approximate surface area is 112 Å². The second kappa shape index (κ2) is 5.37. The number of aromatic nitrogens is 2. The van der Waals surface area contributed by atoms with Crippen molar-refractivity contribution in [2.75, 3.05) is 18.1 Å². The second-order valence-electron chi connectivity index (χ2n) is 3.23. The Morgan fingerprint density at radius 1 is 1.29 bits per heavy atom. The van der Waals surface area contributed by atoms with Crippen LogP contribution < -0.4 is 11.1 Å². The smallest absolute Gasteiger partial charge is 0.223 e. The predicted octanol–water partition coefficient (Wildman–Crippen LogP) is 3.01. The average Bonchev–Trinajstić information content (AvgIpc) is 2.31. The van der Waals surface area contributed by atoms with Gasteiger partial charge in [-0.3, -0.25) is 0 Å². The van der Waals surface area contributed by atoms with Crippen LogP contribution in [0.5, 0.6) is 0 Å². The number of nitrogens with zero attached hydrogens (tertiary/aromatic N) is 2. The molecule has 17 heavy (non-hydrogen) atoms. The molecule has 0 amide bonds. The van der Waals surface area contributed by atoms with Gasteiger partial charge in [-0.25, -0.2) is 4.98 Å². The number of anilines is 2. The van der Waals surface area contributed by atoms with Gasteiger partial charge in [-0.2, -0.15) is 4.98 Å². The third kappa shape index (κ3) is 3.10. The lowest BCUT2D eigenvalue weighted by molar-refractivity contribution is 1.06. The van der Waals surface area contributed by atoms with E-state index < -0.39 is 0 Å². The van der Waals surface area contributed by atoms with Crippen LogP contribution in [0.25, 0.3) is 0 Å². The molecule has 3 N–H and O–H groups in total. The van der Waals surface area contributed by atoms with E-state index >= 15 is 0 Å². The summed E-state index contributed by atoms with van der Waals surface area (Å²) in [6, 6.07) is 9.83. The highest BCUT2D eigenvalue weighted by atomic mass is 79.9. The zero-order chi connectivity index (χ0) is 12.3. The molecule has 1 aromatic carbocycles. The van der Waals surface area contributed by atoms with E-state index in [0.29, 0.717) is 5.82 Å². The number of benzene rings is 1. The fourth-order valence-electron chi connectivity index (χ4n) is 1.26. The summed E-state index contributed by atoms with van der Waals surface area (Å²) >= 11 is 5.04. The molecule has 0 unspecified atom stereocenters. The van der Waals surface area contributed by atoms with E-state index in [0.717, 1.165) is 14.4 Å². The lowest BCUT2D eigenvalue weighted by atomic mass is 10.4. The number of hydrogen-bond donors (Lipinski definition) is 2. The van der Waals surface area contributed by atoms with E-state index in [9.17, 15) is 0 Å². The number of nitrogens with two attached hydrogens (primary N) is 1. The van der Waals surface area contributed by atoms with Crippen LogP contribution in [0.2, 0.25) is 0 Å². The Balaban J connectivity index is 2.30. The van der Waals surface area contributed by atoms with Gasteiger partial charge in [0.1, 0.15) is 10.8 Å². The number of rotatable bonds is 3. The summed E-state index contributed by atoms with van der Waals surface area (Å²) in [5, 5.41) is 3.77. The quantitative estimate of drug-likeness (QED) is 0.853. The van der Waals surface area contributed by atoms with Crippen LogP contribution in [0.3, 0.4) is 0 Å². The Kier molecular flexibility index (Phi) is 3.86. The van der Waals surface area contributed by atoms with Gasteiger partial charge in [-0.1, -0.05) is 23.9 Å². The molecule has 88 valence electrons. The van der Waals surface area contributed by atoms with Crippen molar-refractivity contribution in [1.29, 1.82) is 0 Å². The summed E-state index contributed by atoms with van der Waals surface area (Å²) in [4.78, 5) is 9.32. The molecule has 0 radical (unpaired) electrons. The molecule has 0 spiro atoms. The van der Waals surface area contributed by atoms with Crippen LogP contribution in [-0.2, 0) is 0 Å². The lowest BCUT2D eigenvalue weighted by Gasteiger charge is -2.06. The minimum absolute atomic E-state index is 0.270. The fourth-order valence-corrected chi connectivity index (χ4v) is 2.64. The van der Waals surface area contributed by atoms with Gasteiger partial charge in [-0.15, -0.1) is 0 Å². The highest BCUT2D eigenvalue weighted by Crippen LogP contribution is 2.33. The Hall–Kier alpha value is -1.27. The first kappa shape index (κ1) is 12.2. The molecule has 2 rings (SSSR count). The molecule has 1 heterocycles. The number of hydrogen-bond acceptors (Lipinski definition) is 5. The standard InChI is InChI=1S/C11H11BrN4S/c1-14-9-6-10(16-11(13)15-9)17-8-5-3-2-4-7(8)12/h2-6H,1H3,(H3,13,14,15,16). The molecule has 0 aliphatic carbocycles. The van der Waals surface area contributed by atoms with Gasteiger partial charge in [0, 0.05) is 22.5 Å². The zero-order valence-corrected chi connectivity index (χ0v) is 11.5. The van der Waals surface area contributed by atoms with Gasteiger partial charge >= 0.3 is 0 Å². The fraction of sp³-hybridized carbons (Fsp3) is 0.0909. The molecule has 0 saturated carbocycles.